The fourth-order valence-corrected chi connectivity index (χ4v) is 7.10. The van der Waals surface area contributed by atoms with Gasteiger partial charge in [0.05, 0.1) is 30.7 Å². The Morgan fingerprint density at radius 1 is 1.15 bits per heavy atom. The number of methoxy groups -OCH3 is 1. The third-order valence-corrected chi connectivity index (χ3v) is 8.96. The zero-order chi connectivity index (χ0) is 27.8. The van der Waals surface area contributed by atoms with E-state index in [-0.39, 0.29) is 23.8 Å². The van der Waals surface area contributed by atoms with Crippen molar-refractivity contribution in [2.45, 2.75) is 31.3 Å². The van der Waals surface area contributed by atoms with Gasteiger partial charge < -0.3 is 19.8 Å². The van der Waals surface area contributed by atoms with Gasteiger partial charge in [0.2, 0.25) is 5.91 Å². The molecule has 2 aromatic carbocycles. The van der Waals surface area contributed by atoms with Gasteiger partial charge in [0.15, 0.2) is 5.16 Å². The van der Waals surface area contributed by atoms with Crippen molar-refractivity contribution >= 4 is 61.9 Å². The van der Waals surface area contributed by atoms with E-state index in [9.17, 15) is 14.4 Å². The Morgan fingerprint density at radius 3 is 2.73 bits per heavy atom. The van der Waals surface area contributed by atoms with E-state index in [1.807, 2.05) is 24.3 Å². The lowest BCUT2D eigenvalue weighted by Crippen LogP contribution is -2.23. The van der Waals surface area contributed by atoms with Gasteiger partial charge in [0, 0.05) is 15.8 Å². The molecular weight excluding hydrogens is 548 g/mol. The Kier molecular flexibility index (Phi) is 7.07. The van der Waals surface area contributed by atoms with Crippen molar-refractivity contribution in [2.24, 2.45) is 0 Å². The molecule has 0 unspecified atom stereocenters. The van der Waals surface area contributed by atoms with Gasteiger partial charge in [-0.2, -0.15) is 0 Å². The molecule has 1 aliphatic carbocycles. The van der Waals surface area contributed by atoms with Gasteiger partial charge in [0.1, 0.15) is 21.8 Å². The van der Waals surface area contributed by atoms with Crippen LogP contribution in [0, 0.1) is 0 Å². The molecule has 204 valence electrons. The number of carbonyl (C=O) groups is 2. The maximum absolute atomic E-state index is 13.8. The van der Waals surface area contributed by atoms with Gasteiger partial charge in [0.25, 0.3) is 5.56 Å². The predicted molar refractivity (Wildman–Crippen MR) is 157 cm³/mol. The molecule has 1 amide bonds. The number of nitrogens with one attached hydrogen (secondary N) is 2. The van der Waals surface area contributed by atoms with Crippen LogP contribution in [0.2, 0.25) is 0 Å². The van der Waals surface area contributed by atoms with Crippen molar-refractivity contribution in [1.29, 1.82) is 0 Å². The van der Waals surface area contributed by atoms with Crippen molar-refractivity contribution in [3.8, 4) is 11.4 Å². The van der Waals surface area contributed by atoms with Crippen LogP contribution >= 0.6 is 23.1 Å². The average molecular weight is 575 g/mol. The monoisotopic (exact) mass is 574 g/mol. The summed E-state index contributed by atoms with van der Waals surface area (Å²) >= 11 is 2.59. The van der Waals surface area contributed by atoms with Gasteiger partial charge >= 0.3 is 5.97 Å². The second-order valence-corrected chi connectivity index (χ2v) is 11.3. The number of H-pyrrole nitrogens is 1. The van der Waals surface area contributed by atoms with E-state index in [2.05, 4.69) is 10.3 Å². The first-order valence-corrected chi connectivity index (χ1v) is 14.7. The second kappa shape index (κ2) is 10.8. The highest BCUT2D eigenvalue weighted by atomic mass is 32.2. The number of anilines is 1. The molecule has 0 spiro atoms. The number of amides is 1. The van der Waals surface area contributed by atoms with Gasteiger partial charge in [-0.05, 0) is 62.1 Å². The number of para-hydroxylation sites is 1. The Balaban J connectivity index is 1.34. The summed E-state index contributed by atoms with van der Waals surface area (Å²) in [6, 6.07) is 14.7. The minimum Gasteiger partial charge on any atom is -0.497 e. The maximum Gasteiger partial charge on any atom is 0.341 e. The Hall–Kier alpha value is -4.09. The quantitative estimate of drug-likeness (QED) is 0.146. The van der Waals surface area contributed by atoms with Crippen LogP contribution in [-0.2, 0) is 22.4 Å². The SMILES string of the molecule is CCOC(=O)c1c(NC(=O)CSc2nc3c([nH]c4ccccc43)c(=O)n2-c2ccc(OC)cc2)sc2c1CCC2. The number of carbonyl (C=O) groups excluding carboxylic acids is 2. The highest BCUT2D eigenvalue weighted by Gasteiger charge is 2.28. The molecule has 11 heteroatoms. The third-order valence-electron chi connectivity index (χ3n) is 6.81. The number of benzene rings is 2. The molecule has 9 nitrogen and oxygen atoms in total. The van der Waals surface area contributed by atoms with E-state index in [1.54, 1.807) is 38.3 Å². The number of hydrogen-bond donors (Lipinski definition) is 2. The van der Waals surface area contributed by atoms with Crippen molar-refractivity contribution in [2.75, 3.05) is 24.8 Å². The topological polar surface area (TPSA) is 115 Å². The molecule has 40 heavy (non-hydrogen) atoms. The number of hydrogen-bond acceptors (Lipinski definition) is 8. The molecule has 3 aromatic heterocycles. The van der Waals surface area contributed by atoms with Crippen LogP contribution in [-0.4, -0.2) is 45.9 Å². The van der Waals surface area contributed by atoms with Crippen LogP contribution in [0.15, 0.2) is 58.5 Å². The van der Waals surface area contributed by atoms with Crippen LogP contribution < -0.4 is 15.6 Å². The molecule has 6 rings (SSSR count). The fraction of sp³-hybridized carbons (Fsp3) is 0.241. The molecule has 0 atom stereocenters. The highest BCUT2D eigenvalue weighted by Crippen LogP contribution is 2.39. The lowest BCUT2D eigenvalue weighted by molar-refractivity contribution is -0.113. The van der Waals surface area contributed by atoms with Gasteiger partial charge in [-0.3, -0.25) is 14.2 Å². The summed E-state index contributed by atoms with van der Waals surface area (Å²) < 4.78 is 12.1. The number of thiophene rings is 1. The number of aryl methyl sites for hydroxylation is 1. The molecule has 0 radical (unpaired) electrons. The van der Waals surface area contributed by atoms with E-state index in [0.717, 1.165) is 52.4 Å². The van der Waals surface area contributed by atoms with E-state index >= 15 is 0 Å². The zero-order valence-electron chi connectivity index (χ0n) is 21.9. The van der Waals surface area contributed by atoms with Crippen molar-refractivity contribution in [3.63, 3.8) is 0 Å². The number of rotatable bonds is 8. The molecule has 2 N–H and O–H groups in total. The van der Waals surface area contributed by atoms with E-state index < -0.39 is 5.97 Å². The van der Waals surface area contributed by atoms with Crippen LogP contribution in [0.25, 0.3) is 27.6 Å². The molecule has 0 fully saturated rings. The first kappa shape index (κ1) is 26.1. The molecule has 0 saturated carbocycles. The zero-order valence-corrected chi connectivity index (χ0v) is 23.5. The molecular formula is C29H26N4O5S2. The number of ether oxygens (including phenoxy) is 2. The van der Waals surface area contributed by atoms with Crippen molar-refractivity contribution in [1.82, 2.24) is 14.5 Å². The first-order valence-electron chi connectivity index (χ1n) is 12.9. The average Bonchev–Trinajstić information content (AvgIpc) is 3.65. The summed E-state index contributed by atoms with van der Waals surface area (Å²) in [6.45, 7) is 2.02. The maximum atomic E-state index is 13.8. The minimum atomic E-state index is -0.412. The Morgan fingerprint density at radius 2 is 1.95 bits per heavy atom. The smallest absolute Gasteiger partial charge is 0.341 e. The van der Waals surface area contributed by atoms with E-state index in [4.69, 9.17) is 14.5 Å². The fourth-order valence-electron chi connectivity index (χ4n) is 5.00. The number of nitrogens with zero attached hydrogens (tertiary/aromatic N) is 2. The lowest BCUT2D eigenvalue weighted by Gasteiger charge is -2.13. The summed E-state index contributed by atoms with van der Waals surface area (Å²) in [7, 11) is 1.58. The number of fused-ring (bicyclic) bond motifs is 4. The van der Waals surface area contributed by atoms with Crippen LogP contribution in [0.4, 0.5) is 5.00 Å². The number of thioether (sulfide) groups is 1. The van der Waals surface area contributed by atoms with Crippen LogP contribution in [0.1, 0.15) is 34.1 Å². The number of esters is 1. The molecule has 0 bridgehead atoms. The van der Waals surface area contributed by atoms with Crippen molar-refractivity contribution in [3.05, 3.63) is 74.9 Å². The van der Waals surface area contributed by atoms with E-state index in [0.29, 0.717) is 38.2 Å². The number of aromatic amines is 1. The predicted octanol–water partition coefficient (Wildman–Crippen LogP) is 5.33. The Bertz CT molecular complexity index is 1820. The largest absolute Gasteiger partial charge is 0.497 e. The van der Waals surface area contributed by atoms with Gasteiger partial charge in [-0.1, -0.05) is 30.0 Å². The summed E-state index contributed by atoms with van der Waals surface area (Å²) in [5.41, 5.74) is 3.51. The lowest BCUT2D eigenvalue weighted by atomic mass is 10.1. The van der Waals surface area contributed by atoms with Gasteiger partial charge in [-0.25, -0.2) is 9.78 Å². The van der Waals surface area contributed by atoms with Crippen LogP contribution in [0.3, 0.4) is 0 Å². The highest BCUT2D eigenvalue weighted by molar-refractivity contribution is 7.99. The molecule has 0 saturated heterocycles. The second-order valence-electron chi connectivity index (χ2n) is 9.25. The molecule has 1 aliphatic rings. The standard InChI is InChI=1S/C29H26N4O5S2/c1-3-38-28(36)23-19-8-6-10-21(19)40-26(23)31-22(34)15-39-29-32-24-18-7-4-5-9-20(18)30-25(24)27(35)33(29)16-11-13-17(37-2)14-12-16/h4-5,7,9,11-14,30H,3,6,8,10,15H2,1-2H3,(H,31,34). The van der Waals surface area contributed by atoms with Crippen LogP contribution in [0.5, 0.6) is 5.75 Å². The summed E-state index contributed by atoms with van der Waals surface area (Å²) in [5, 5.41) is 4.64. The first-order chi connectivity index (χ1) is 19.5. The number of aromatic nitrogens is 3. The summed E-state index contributed by atoms with van der Waals surface area (Å²) in [6.07, 6.45) is 2.68. The van der Waals surface area contributed by atoms with E-state index in [1.165, 1.54) is 15.9 Å². The normalized spacial score (nSPS) is 12.6. The molecule has 5 aromatic rings. The summed E-state index contributed by atoms with van der Waals surface area (Å²) in [4.78, 5) is 48.8. The molecule has 0 aliphatic heterocycles. The minimum absolute atomic E-state index is 0.0126. The molecule has 3 heterocycles. The van der Waals surface area contributed by atoms with Gasteiger partial charge in [-0.15, -0.1) is 11.3 Å². The third kappa shape index (κ3) is 4.65. The Labute approximate surface area is 237 Å². The van der Waals surface area contributed by atoms with Crippen molar-refractivity contribution < 1.29 is 19.1 Å². The summed E-state index contributed by atoms with van der Waals surface area (Å²) in [5.74, 6) is -0.0682.